The fourth-order valence-electron chi connectivity index (χ4n) is 4.25. The Hall–Kier alpha value is -2.95. The summed E-state index contributed by atoms with van der Waals surface area (Å²) in [6, 6.07) is 14.3. The Labute approximate surface area is 178 Å². The van der Waals surface area contributed by atoms with Crippen molar-refractivity contribution in [2.24, 2.45) is 0 Å². The van der Waals surface area contributed by atoms with Crippen LogP contribution in [0.25, 0.3) is 11.4 Å². The standard InChI is InChI=1S/C25H29N3O2/c1-17-9-12-20(13-10-17)24-26-23(30-27-24)16-28(21-7-5-4-6-8-21)25(29)22-14-11-18(2)15-19(22)3/h9-15,21H,4-8,16H2,1-3H3. The second-order valence-corrected chi connectivity index (χ2v) is 8.42. The van der Waals surface area contributed by atoms with Gasteiger partial charge in [-0.2, -0.15) is 4.98 Å². The average Bonchev–Trinajstić information content (AvgIpc) is 3.21. The lowest BCUT2D eigenvalue weighted by Gasteiger charge is -2.34. The predicted octanol–water partition coefficient (Wildman–Crippen LogP) is 5.64. The minimum atomic E-state index is 0.0504. The first-order valence-corrected chi connectivity index (χ1v) is 10.8. The molecular formula is C25H29N3O2. The van der Waals surface area contributed by atoms with E-state index in [1.807, 2.05) is 62.1 Å². The van der Waals surface area contributed by atoms with Gasteiger partial charge in [-0.1, -0.05) is 71.9 Å². The minimum Gasteiger partial charge on any atom is -0.337 e. The van der Waals surface area contributed by atoms with Crippen molar-refractivity contribution in [3.8, 4) is 11.4 Å². The van der Waals surface area contributed by atoms with Crippen molar-refractivity contribution >= 4 is 5.91 Å². The Morgan fingerprint density at radius 2 is 1.70 bits per heavy atom. The number of carbonyl (C=O) groups is 1. The van der Waals surface area contributed by atoms with E-state index in [0.29, 0.717) is 18.3 Å². The molecule has 3 aromatic rings. The van der Waals surface area contributed by atoms with Crippen LogP contribution in [-0.4, -0.2) is 27.0 Å². The van der Waals surface area contributed by atoms with Gasteiger partial charge in [0.05, 0.1) is 0 Å². The molecule has 0 unspecified atom stereocenters. The van der Waals surface area contributed by atoms with E-state index < -0.39 is 0 Å². The van der Waals surface area contributed by atoms with Crippen LogP contribution in [0.5, 0.6) is 0 Å². The maximum Gasteiger partial charge on any atom is 0.254 e. The molecule has 0 bridgehead atoms. The number of hydrogen-bond acceptors (Lipinski definition) is 4. The number of nitrogens with zero attached hydrogens (tertiary/aromatic N) is 3. The van der Waals surface area contributed by atoms with Gasteiger partial charge in [-0.3, -0.25) is 4.79 Å². The van der Waals surface area contributed by atoms with Crippen molar-refractivity contribution in [2.75, 3.05) is 0 Å². The van der Waals surface area contributed by atoms with Gasteiger partial charge in [0.1, 0.15) is 6.54 Å². The zero-order chi connectivity index (χ0) is 21.1. The predicted molar refractivity (Wildman–Crippen MR) is 117 cm³/mol. The molecule has 1 aliphatic carbocycles. The molecule has 0 atom stereocenters. The van der Waals surface area contributed by atoms with E-state index in [4.69, 9.17) is 4.52 Å². The fourth-order valence-corrected chi connectivity index (χ4v) is 4.25. The van der Waals surface area contributed by atoms with E-state index >= 15 is 0 Å². The third kappa shape index (κ3) is 4.45. The Balaban J connectivity index is 1.60. The lowest BCUT2D eigenvalue weighted by Crippen LogP contribution is -2.41. The van der Waals surface area contributed by atoms with Crippen LogP contribution in [0.2, 0.25) is 0 Å². The van der Waals surface area contributed by atoms with Crippen LogP contribution >= 0.6 is 0 Å². The van der Waals surface area contributed by atoms with Gasteiger partial charge in [0.15, 0.2) is 0 Å². The van der Waals surface area contributed by atoms with E-state index in [1.54, 1.807) is 0 Å². The molecule has 1 aromatic heterocycles. The molecule has 0 saturated heterocycles. The molecule has 1 amide bonds. The smallest absolute Gasteiger partial charge is 0.254 e. The number of carbonyl (C=O) groups excluding carboxylic acids is 1. The van der Waals surface area contributed by atoms with Gasteiger partial charge in [0, 0.05) is 17.2 Å². The number of hydrogen-bond donors (Lipinski definition) is 0. The molecule has 5 nitrogen and oxygen atoms in total. The van der Waals surface area contributed by atoms with Crippen molar-refractivity contribution in [3.63, 3.8) is 0 Å². The number of amides is 1. The normalized spacial score (nSPS) is 14.6. The van der Waals surface area contributed by atoms with E-state index in [2.05, 4.69) is 16.2 Å². The van der Waals surface area contributed by atoms with Crippen LogP contribution in [0.15, 0.2) is 47.0 Å². The molecule has 0 N–H and O–H groups in total. The number of benzene rings is 2. The highest BCUT2D eigenvalue weighted by Gasteiger charge is 2.29. The zero-order valence-corrected chi connectivity index (χ0v) is 18.0. The first-order chi connectivity index (χ1) is 14.5. The summed E-state index contributed by atoms with van der Waals surface area (Å²) in [7, 11) is 0. The Morgan fingerprint density at radius 3 is 2.40 bits per heavy atom. The molecule has 5 heteroatoms. The van der Waals surface area contributed by atoms with Gasteiger partial charge in [-0.15, -0.1) is 0 Å². The maximum atomic E-state index is 13.5. The van der Waals surface area contributed by atoms with Crippen molar-refractivity contribution in [2.45, 2.75) is 65.5 Å². The highest BCUT2D eigenvalue weighted by Crippen LogP contribution is 2.27. The quantitative estimate of drug-likeness (QED) is 0.553. The summed E-state index contributed by atoms with van der Waals surface area (Å²) in [5.74, 6) is 1.09. The van der Waals surface area contributed by atoms with Gasteiger partial charge >= 0.3 is 0 Å². The number of aromatic nitrogens is 2. The third-order valence-electron chi connectivity index (χ3n) is 5.97. The van der Waals surface area contributed by atoms with Crippen LogP contribution in [0.3, 0.4) is 0 Å². The second kappa shape index (κ2) is 8.82. The summed E-state index contributed by atoms with van der Waals surface area (Å²) in [6.45, 7) is 6.44. The summed E-state index contributed by atoms with van der Waals surface area (Å²) in [6.07, 6.45) is 5.59. The molecule has 0 radical (unpaired) electrons. The number of aryl methyl sites for hydroxylation is 3. The molecule has 0 spiro atoms. The van der Waals surface area contributed by atoms with Crippen molar-refractivity contribution in [1.29, 1.82) is 0 Å². The monoisotopic (exact) mass is 403 g/mol. The van der Waals surface area contributed by atoms with Crippen LogP contribution in [-0.2, 0) is 6.54 Å². The van der Waals surface area contributed by atoms with Gasteiger partial charge < -0.3 is 9.42 Å². The summed E-state index contributed by atoms with van der Waals surface area (Å²) >= 11 is 0. The molecule has 1 heterocycles. The topological polar surface area (TPSA) is 59.2 Å². The molecule has 0 aliphatic heterocycles. The van der Waals surface area contributed by atoms with Crippen LogP contribution < -0.4 is 0 Å². The van der Waals surface area contributed by atoms with Crippen LogP contribution in [0.4, 0.5) is 0 Å². The highest BCUT2D eigenvalue weighted by atomic mass is 16.5. The van der Waals surface area contributed by atoms with Crippen LogP contribution in [0.1, 0.15) is 65.0 Å². The molecule has 1 aliphatic rings. The highest BCUT2D eigenvalue weighted by molar-refractivity contribution is 5.95. The largest absolute Gasteiger partial charge is 0.337 e. The van der Waals surface area contributed by atoms with Crippen LogP contribution in [0, 0.1) is 20.8 Å². The molecule has 4 rings (SSSR count). The molecule has 1 saturated carbocycles. The van der Waals surface area contributed by atoms with Gasteiger partial charge in [0.25, 0.3) is 5.91 Å². The first kappa shape index (κ1) is 20.3. The fraction of sp³-hybridized carbons (Fsp3) is 0.400. The molecule has 2 aromatic carbocycles. The second-order valence-electron chi connectivity index (χ2n) is 8.42. The SMILES string of the molecule is Cc1ccc(-c2noc(CN(C(=O)c3ccc(C)cc3C)C3CCCCC3)n2)cc1. The summed E-state index contributed by atoms with van der Waals surface area (Å²) in [5.41, 5.74) is 5.02. The minimum absolute atomic E-state index is 0.0504. The molecule has 156 valence electrons. The Morgan fingerprint density at radius 1 is 1.00 bits per heavy atom. The molecule has 1 fully saturated rings. The van der Waals surface area contributed by atoms with Gasteiger partial charge in [-0.25, -0.2) is 0 Å². The lowest BCUT2D eigenvalue weighted by molar-refractivity contribution is 0.0585. The van der Waals surface area contributed by atoms with E-state index in [9.17, 15) is 4.79 Å². The molecular weight excluding hydrogens is 374 g/mol. The zero-order valence-electron chi connectivity index (χ0n) is 18.0. The van der Waals surface area contributed by atoms with Crippen molar-refractivity contribution in [1.82, 2.24) is 15.0 Å². The van der Waals surface area contributed by atoms with E-state index in [-0.39, 0.29) is 11.9 Å². The first-order valence-electron chi connectivity index (χ1n) is 10.8. The average molecular weight is 404 g/mol. The van der Waals surface area contributed by atoms with Gasteiger partial charge in [0.2, 0.25) is 11.7 Å². The lowest BCUT2D eigenvalue weighted by atomic mass is 9.93. The Kier molecular flexibility index (Phi) is 5.98. The van der Waals surface area contributed by atoms with E-state index in [0.717, 1.165) is 47.9 Å². The van der Waals surface area contributed by atoms with E-state index in [1.165, 1.54) is 12.0 Å². The third-order valence-corrected chi connectivity index (χ3v) is 5.97. The summed E-state index contributed by atoms with van der Waals surface area (Å²) < 4.78 is 5.55. The summed E-state index contributed by atoms with van der Waals surface area (Å²) in [5, 5.41) is 4.15. The molecule has 30 heavy (non-hydrogen) atoms. The maximum absolute atomic E-state index is 13.5. The Bertz CT molecular complexity index is 1020. The summed E-state index contributed by atoms with van der Waals surface area (Å²) in [4.78, 5) is 20.1. The van der Waals surface area contributed by atoms with Crippen molar-refractivity contribution in [3.05, 3.63) is 70.6 Å². The van der Waals surface area contributed by atoms with Gasteiger partial charge in [-0.05, 0) is 45.2 Å². The van der Waals surface area contributed by atoms with Crippen molar-refractivity contribution < 1.29 is 9.32 Å². The number of rotatable bonds is 5.